The van der Waals surface area contributed by atoms with E-state index in [-0.39, 0.29) is 24.5 Å². The molecule has 2 amide bonds. The SMILES string of the molecule is COCCOC(=O)Nc1cccc(NC(=O)c2ccc(S(=O)(=O)C(F)(F)F)cc2)c1. The molecule has 0 bridgehead atoms. The monoisotopic (exact) mass is 446 g/mol. The number of hydrogen-bond donors (Lipinski definition) is 2. The third kappa shape index (κ3) is 5.94. The molecule has 0 spiro atoms. The van der Waals surface area contributed by atoms with Crippen molar-refractivity contribution in [1.82, 2.24) is 0 Å². The van der Waals surface area contributed by atoms with Crippen LogP contribution in [-0.4, -0.2) is 46.3 Å². The van der Waals surface area contributed by atoms with Crippen molar-refractivity contribution in [3.05, 3.63) is 54.1 Å². The zero-order valence-electron chi connectivity index (χ0n) is 15.5. The number of sulfone groups is 1. The van der Waals surface area contributed by atoms with Crippen molar-refractivity contribution >= 4 is 33.2 Å². The molecule has 12 heteroatoms. The Hall–Kier alpha value is -3.12. The summed E-state index contributed by atoms with van der Waals surface area (Å²) in [4.78, 5) is 22.9. The first-order chi connectivity index (χ1) is 14.0. The summed E-state index contributed by atoms with van der Waals surface area (Å²) in [6.45, 7) is 0.283. The van der Waals surface area contributed by atoms with Gasteiger partial charge in [0.25, 0.3) is 15.7 Å². The molecular formula is C18H17F3N2O6S. The number of hydrogen-bond acceptors (Lipinski definition) is 6. The summed E-state index contributed by atoms with van der Waals surface area (Å²) < 4.78 is 70.0. The number of carbonyl (C=O) groups excluding carboxylic acids is 2. The lowest BCUT2D eigenvalue weighted by atomic mass is 10.2. The Morgan fingerprint density at radius 1 is 0.967 bits per heavy atom. The lowest BCUT2D eigenvalue weighted by molar-refractivity contribution is -0.0436. The molecule has 2 aromatic rings. The van der Waals surface area contributed by atoms with E-state index in [1.54, 1.807) is 12.1 Å². The molecule has 30 heavy (non-hydrogen) atoms. The van der Waals surface area contributed by atoms with E-state index >= 15 is 0 Å². The molecule has 2 rings (SSSR count). The van der Waals surface area contributed by atoms with Crippen LogP contribution in [0.1, 0.15) is 10.4 Å². The van der Waals surface area contributed by atoms with Crippen molar-refractivity contribution in [3.63, 3.8) is 0 Å². The molecule has 0 aliphatic rings. The van der Waals surface area contributed by atoms with Gasteiger partial charge in [-0.15, -0.1) is 0 Å². The van der Waals surface area contributed by atoms with Gasteiger partial charge < -0.3 is 14.8 Å². The van der Waals surface area contributed by atoms with Gasteiger partial charge in [0.1, 0.15) is 6.61 Å². The molecule has 2 aromatic carbocycles. The summed E-state index contributed by atoms with van der Waals surface area (Å²) in [6.07, 6.45) is -0.725. The minimum Gasteiger partial charge on any atom is -0.447 e. The molecule has 0 aliphatic heterocycles. The predicted molar refractivity (Wildman–Crippen MR) is 101 cm³/mol. The molecule has 0 saturated heterocycles. The van der Waals surface area contributed by atoms with E-state index in [1.807, 2.05) is 0 Å². The largest absolute Gasteiger partial charge is 0.501 e. The van der Waals surface area contributed by atoms with Crippen LogP contribution in [0.25, 0.3) is 0 Å². The van der Waals surface area contributed by atoms with E-state index in [0.29, 0.717) is 17.8 Å². The summed E-state index contributed by atoms with van der Waals surface area (Å²) in [5.41, 5.74) is -4.90. The molecule has 0 radical (unpaired) electrons. The first-order valence-corrected chi connectivity index (χ1v) is 9.78. The van der Waals surface area contributed by atoms with E-state index in [2.05, 4.69) is 10.6 Å². The zero-order chi connectivity index (χ0) is 22.4. The van der Waals surface area contributed by atoms with Crippen molar-refractivity contribution in [1.29, 1.82) is 0 Å². The molecule has 0 saturated carbocycles. The maximum atomic E-state index is 12.6. The van der Waals surface area contributed by atoms with Gasteiger partial charge in [-0.3, -0.25) is 10.1 Å². The van der Waals surface area contributed by atoms with Crippen molar-refractivity contribution in [2.75, 3.05) is 31.0 Å². The molecule has 0 atom stereocenters. The van der Waals surface area contributed by atoms with Gasteiger partial charge in [-0.05, 0) is 42.5 Å². The minimum absolute atomic E-state index is 0.0544. The molecular weight excluding hydrogens is 429 g/mol. The average molecular weight is 446 g/mol. The maximum absolute atomic E-state index is 12.6. The van der Waals surface area contributed by atoms with E-state index in [1.165, 1.54) is 19.2 Å². The number of halogens is 3. The van der Waals surface area contributed by atoms with Gasteiger partial charge in [-0.25, -0.2) is 13.2 Å². The number of nitrogens with one attached hydrogen (secondary N) is 2. The topological polar surface area (TPSA) is 111 Å². The van der Waals surface area contributed by atoms with Crippen molar-refractivity contribution in [3.8, 4) is 0 Å². The van der Waals surface area contributed by atoms with Crippen LogP contribution in [0.15, 0.2) is 53.4 Å². The number of carbonyl (C=O) groups is 2. The van der Waals surface area contributed by atoms with E-state index in [9.17, 15) is 31.2 Å². The first kappa shape index (κ1) is 23.2. The summed E-state index contributed by atoms with van der Waals surface area (Å²) in [5.74, 6) is -0.689. The van der Waals surface area contributed by atoms with Gasteiger partial charge in [-0.2, -0.15) is 13.2 Å². The zero-order valence-corrected chi connectivity index (χ0v) is 16.3. The van der Waals surface area contributed by atoms with Gasteiger partial charge in [0.15, 0.2) is 0 Å². The van der Waals surface area contributed by atoms with Crippen molar-refractivity contribution < 1.29 is 40.7 Å². The summed E-state index contributed by atoms with van der Waals surface area (Å²) in [6, 6.07) is 9.35. The summed E-state index contributed by atoms with van der Waals surface area (Å²) >= 11 is 0. The van der Waals surface area contributed by atoms with Gasteiger partial charge in [-0.1, -0.05) is 6.07 Å². The van der Waals surface area contributed by atoms with Gasteiger partial charge >= 0.3 is 11.6 Å². The second-order valence-electron chi connectivity index (χ2n) is 5.76. The Labute approximate surface area is 169 Å². The Morgan fingerprint density at radius 2 is 1.57 bits per heavy atom. The Morgan fingerprint density at radius 3 is 2.13 bits per heavy atom. The fourth-order valence-electron chi connectivity index (χ4n) is 2.17. The van der Waals surface area contributed by atoms with Crippen LogP contribution in [0, 0.1) is 0 Å². The smallest absolute Gasteiger partial charge is 0.447 e. The number of benzene rings is 2. The van der Waals surface area contributed by atoms with Crippen LogP contribution in [0.3, 0.4) is 0 Å². The van der Waals surface area contributed by atoms with Crippen LogP contribution in [0.4, 0.5) is 29.3 Å². The van der Waals surface area contributed by atoms with Crippen LogP contribution >= 0.6 is 0 Å². The highest BCUT2D eigenvalue weighted by Crippen LogP contribution is 2.30. The van der Waals surface area contributed by atoms with Gasteiger partial charge in [0.2, 0.25) is 0 Å². The fourth-order valence-corrected chi connectivity index (χ4v) is 2.93. The highest BCUT2D eigenvalue weighted by atomic mass is 32.2. The van der Waals surface area contributed by atoms with E-state index < -0.39 is 32.2 Å². The van der Waals surface area contributed by atoms with Gasteiger partial charge in [0, 0.05) is 24.0 Å². The third-order valence-corrected chi connectivity index (χ3v) is 5.12. The lowest BCUT2D eigenvalue weighted by Gasteiger charge is -2.10. The number of rotatable bonds is 7. The molecule has 2 N–H and O–H groups in total. The normalized spacial score (nSPS) is 11.6. The molecule has 0 aliphatic carbocycles. The summed E-state index contributed by atoms with van der Waals surface area (Å²) in [5, 5.41) is 4.94. The maximum Gasteiger partial charge on any atom is 0.501 e. The number of ether oxygens (including phenoxy) is 2. The van der Waals surface area contributed by atoms with Crippen LogP contribution in [-0.2, 0) is 19.3 Å². The van der Waals surface area contributed by atoms with Crippen molar-refractivity contribution in [2.45, 2.75) is 10.4 Å². The van der Waals surface area contributed by atoms with Crippen LogP contribution in [0.2, 0.25) is 0 Å². The van der Waals surface area contributed by atoms with Crippen molar-refractivity contribution in [2.24, 2.45) is 0 Å². The second-order valence-corrected chi connectivity index (χ2v) is 7.70. The molecule has 0 fully saturated rings. The highest BCUT2D eigenvalue weighted by molar-refractivity contribution is 7.92. The Bertz CT molecular complexity index is 1010. The number of amides is 2. The minimum atomic E-state index is -5.50. The molecule has 0 aromatic heterocycles. The Balaban J connectivity index is 2.05. The number of alkyl halides is 3. The first-order valence-electron chi connectivity index (χ1n) is 8.30. The predicted octanol–water partition coefficient (Wildman–Crippen LogP) is 3.43. The molecule has 162 valence electrons. The highest BCUT2D eigenvalue weighted by Gasteiger charge is 2.46. The van der Waals surface area contributed by atoms with Gasteiger partial charge in [0.05, 0.1) is 11.5 Å². The Kier molecular flexibility index (Phi) is 7.40. The fraction of sp³-hybridized carbons (Fsp3) is 0.222. The van der Waals surface area contributed by atoms with Crippen LogP contribution < -0.4 is 10.6 Å². The van der Waals surface area contributed by atoms with E-state index in [0.717, 1.165) is 12.1 Å². The molecule has 8 nitrogen and oxygen atoms in total. The average Bonchev–Trinajstić information content (AvgIpc) is 2.67. The van der Waals surface area contributed by atoms with E-state index in [4.69, 9.17) is 9.47 Å². The third-order valence-electron chi connectivity index (χ3n) is 3.62. The lowest BCUT2D eigenvalue weighted by Crippen LogP contribution is -2.23. The molecule has 0 unspecified atom stereocenters. The summed E-state index contributed by atoms with van der Waals surface area (Å²) in [7, 11) is -4.04. The second kappa shape index (κ2) is 9.59. The standard InChI is InChI=1S/C18H17F3N2O6S/c1-28-9-10-29-17(25)23-14-4-2-3-13(11-14)22-16(24)12-5-7-15(8-6-12)30(26,27)18(19,20)21/h2-8,11H,9-10H2,1H3,(H,22,24)(H,23,25). The van der Waals surface area contributed by atoms with Crippen LogP contribution in [0.5, 0.6) is 0 Å². The number of anilines is 2. The number of methoxy groups -OCH3 is 1. The quantitative estimate of drug-likeness (QED) is 0.631. The molecule has 0 heterocycles.